The quantitative estimate of drug-likeness (QED) is 0.425. The van der Waals surface area contributed by atoms with Gasteiger partial charge in [-0.15, -0.1) is 11.3 Å². The van der Waals surface area contributed by atoms with Crippen molar-refractivity contribution in [3.8, 4) is 0 Å². The van der Waals surface area contributed by atoms with Gasteiger partial charge in [-0.1, -0.05) is 35.0 Å². The maximum absolute atomic E-state index is 12.7. The molecule has 0 radical (unpaired) electrons. The molecule has 2 aromatic heterocycles. The molecule has 1 aliphatic heterocycles. The molecule has 1 amide bonds. The minimum atomic E-state index is -0.222. The lowest BCUT2D eigenvalue weighted by Crippen LogP contribution is -2.19. The number of nitrogens with zero attached hydrogens (tertiary/aromatic N) is 3. The second-order valence-electron chi connectivity index (χ2n) is 6.14. The first kappa shape index (κ1) is 18.8. The Kier molecular flexibility index (Phi) is 5.45. The van der Waals surface area contributed by atoms with Crippen molar-refractivity contribution in [2.45, 2.75) is 18.0 Å². The molecule has 4 rings (SSSR count). The summed E-state index contributed by atoms with van der Waals surface area (Å²) in [4.78, 5) is 25.7. The summed E-state index contributed by atoms with van der Waals surface area (Å²) in [5.74, 6) is 0.696. The van der Waals surface area contributed by atoms with Crippen LogP contribution in [0.25, 0.3) is 10.2 Å². The van der Waals surface area contributed by atoms with Crippen LogP contribution in [0.1, 0.15) is 22.5 Å². The fourth-order valence-electron chi connectivity index (χ4n) is 3.04. The number of aromatic nitrogens is 2. The molecule has 0 spiro atoms. The van der Waals surface area contributed by atoms with Gasteiger partial charge in [-0.05, 0) is 43.4 Å². The molecule has 3 heterocycles. The van der Waals surface area contributed by atoms with Gasteiger partial charge in [0.15, 0.2) is 5.16 Å². The SMILES string of the molecule is CSc1nc(N2CCCC2)c2cc(C(=O)Nc3ccc(Cl)cc3Cl)sc2n1. The van der Waals surface area contributed by atoms with E-state index in [1.165, 1.54) is 23.1 Å². The van der Waals surface area contributed by atoms with Crippen molar-refractivity contribution in [2.75, 3.05) is 29.6 Å². The number of anilines is 2. The van der Waals surface area contributed by atoms with E-state index in [4.69, 9.17) is 28.2 Å². The highest BCUT2D eigenvalue weighted by molar-refractivity contribution is 7.98. The lowest BCUT2D eigenvalue weighted by molar-refractivity contribution is 0.103. The summed E-state index contributed by atoms with van der Waals surface area (Å²) < 4.78 is 0. The molecule has 3 aromatic rings. The number of benzene rings is 1. The highest BCUT2D eigenvalue weighted by atomic mass is 35.5. The topological polar surface area (TPSA) is 58.1 Å². The van der Waals surface area contributed by atoms with Crippen molar-refractivity contribution in [1.82, 2.24) is 9.97 Å². The monoisotopic (exact) mass is 438 g/mol. The fourth-order valence-corrected chi connectivity index (χ4v) is 4.83. The minimum absolute atomic E-state index is 0.222. The Balaban J connectivity index is 1.69. The van der Waals surface area contributed by atoms with Crippen molar-refractivity contribution < 1.29 is 4.79 Å². The van der Waals surface area contributed by atoms with Gasteiger partial charge in [0.05, 0.1) is 21.0 Å². The molecule has 0 unspecified atom stereocenters. The number of thioether (sulfide) groups is 1. The third-order valence-electron chi connectivity index (χ3n) is 4.34. The third kappa shape index (κ3) is 3.87. The van der Waals surface area contributed by atoms with Gasteiger partial charge in [0.1, 0.15) is 10.6 Å². The maximum atomic E-state index is 12.7. The van der Waals surface area contributed by atoms with E-state index in [-0.39, 0.29) is 5.91 Å². The zero-order chi connectivity index (χ0) is 19.0. The van der Waals surface area contributed by atoms with Crippen LogP contribution in [0.2, 0.25) is 10.0 Å². The number of hydrogen-bond acceptors (Lipinski definition) is 6. The van der Waals surface area contributed by atoms with E-state index in [1.54, 1.807) is 18.2 Å². The van der Waals surface area contributed by atoms with Crippen molar-refractivity contribution in [3.63, 3.8) is 0 Å². The third-order valence-corrected chi connectivity index (χ3v) is 6.47. The van der Waals surface area contributed by atoms with Crippen molar-refractivity contribution >= 4 is 73.9 Å². The van der Waals surface area contributed by atoms with Gasteiger partial charge in [-0.25, -0.2) is 9.97 Å². The molecular weight excluding hydrogens is 423 g/mol. The molecule has 1 aromatic carbocycles. The summed E-state index contributed by atoms with van der Waals surface area (Å²) in [6, 6.07) is 6.86. The van der Waals surface area contributed by atoms with Crippen molar-refractivity contribution in [2.24, 2.45) is 0 Å². The standard InChI is InChI=1S/C18H16Cl2N4OS2/c1-26-18-22-15(24-6-2-3-7-24)11-9-14(27-17(11)23-18)16(25)21-13-5-4-10(19)8-12(13)20/h4-5,8-9H,2-3,6-7H2,1H3,(H,21,25). The Bertz CT molecular complexity index is 1020. The van der Waals surface area contributed by atoms with E-state index in [1.807, 2.05) is 12.3 Å². The fraction of sp³-hybridized carbons (Fsp3) is 0.278. The Labute approximate surface area is 175 Å². The van der Waals surface area contributed by atoms with Gasteiger partial charge < -0.3 is 10.2 Å². The minimum Gasteiger partial charge on any atom is -0.356 e. The molecule has 0 saturated carbocycles. The van der Waals surface area contributed by atoms with Crippen LogP contribution in [0.4, 0.5) is 11.5 Å². The summed E-state index contributed by atoms with van der Waals surface area (Å²) in [6.07, 6.45) is 4.28. The van der Waals surface area contributed by atoms with Crippen LogP contribution in [0, 0.1) is 0 Å². The van der Waals surface area contributed by atoms with Crippen molar-refractivity contribution in [3.05, 3.63) is 39.2 Å². The number of nitrogens with one attached hydrogen (secondary N) is 1. The van der Waals surface area contributed by atoms with Crippen LogP contribution in [0.15, 0.2) is 29.4 Å². The molecule has 1 N–H and O–H groups in total. The summed E-state index contributed by atoms with van der Waals surface area (Å²) in [7, 11) is 0. The highest BCUT2D eigenvalue weighted by Gasteiger charge is 2.21. The molecule has 9 heteroatoms. The summed E-state index contributed by atoms with van der Waals surface area (Å²) in [5, 5.41) is 5.42. The highest BCUT2D eigenvalue weighted by Crippen LogP contribution is 2.35. The predicted octanol–water partition coefficient (Wildman–Crippen LogP) is 5.57. The predicted molar refractivity (Wildman–Crippen MR) is 115 cm³/mol. The molecule has 1 saturated heterocycles. The van der Waals surface area contributed by atoms with Crippen LogP contribution >= 0.6 is 46.3 Å². The van der Waals surface area contributed by atoms with Gasteiger partial charge in [0, 0.05) is 18.1 Å². The Morgan fingerprint density at radius 1 is 1.22 bits per heavy atom. The van der Waals surface area contributed by atoms with E-state index in [0.29, 0.717) is 20.6 Å². The van der Waals surface area contributed by atoms with Crippen molar-refractivity contribution in [1.29, 1.82) is 0 Å². The molecular formula is C18H16Cl2N4OS2. The average Bonchev–Trinajstić information content (AvgIpc) is 3.32. The van der Waals surface area contributed by atoms with E-state index in [0.717, 1.165) is 47.1 Å². The second-order valence-corrected chi connectivity index (χ2v) is 8.78. The first-order valence-corrected chi connectivity index (χ1v) is 11.2. The number of carbonyl (C=O) groups excluding carboxylic acids is 1. The van der Waals surface area contributed by atoms with Crippen LogP contribution in [-0.4, -0.2) is 35.2 Å². The van der Waals surface area contributed by atoms with Crippen LogP contribution in [0.5, 0.6) is 0 Å². The van der Waals surface area contributed by atoms with Gasteiger partial charge in [0.2, 0.25) is 0 Å². The molecule has 0 aliphatic carbocycles. The Morgan fingerprint density at radius 2 is 2.00 bits per heavy atom. The van der Waals surface area contributed by atoms with Crippen LogP contribution in [-0.2, 0) is 0 Å². The summed E-state index contributed by atoms with van der Waals surface area (Å²) in [6.45, 7) is 1.97. The van der Waals surface area contributed by atoms with Gasteiger partial charge in [-0.3, -0.25) is 4.79 Å². The molecule has 0 bridgehead atoms. The number of hydrogen-bond donors (Lipinski definition) is 1. The Morgan fingerprint density at radius 3 is 2.70 bits per heavy atom. The summed E-state index contributed by atoms with van der Waals surface area (Å²) >= 11 is 14.9. The largest absolute Gasteiger partial charge is 0.356 e. The number of amides is 1. The number of fused-ring (bicyclic) bond motifs is 1. The molecule has 27 heavy (non-hydrogen) atoms. The normalized spacial score (nSPS) is 14.1. The van der Waals surface area contributed by atoms with Gasteiger partial charge >= 0.3 is 0 Å². The lowest BCUT2D eigenvalue weighted by atomic mass is 10.3. The first-order chi connectivity index (χ1) is 13.0. The molecule has 140 valence electrons. The number of thiophene rings is 1. The molecule has 0 atom stereocenters. The number of rotatable bonds is 4. The smallest absolute Gasteiger partial charge is 0.265 e. The van der Waals surface area contributed by atoms with Gasteiger partial charge in [-0.2, -0.15) is 0 Å². The van der Waals surface area contributed by atoms with Crippen LogP contribution in [0.3, 0.4) is 0 Å². The lowest BCUT2D eigenvalue weighted by Gasteiger charge is -2.17. The van der Waals surface area contributed by atoms with Crippen LogP contribution < -0.4 is 10.2 Å². The Hall–Kier alpha value is -1.54. The van der Waals surface area contributed by atoms with E-state index in [2.05, 4.69) is 15.2 Å². The second kappa shape index (κ2) is 7.83. The van der Waals surface area contributed by atoms with E-state index >= 15 is 0 Å². The maximum Gasteiger partial charge on any atom is 0.265 e. The zero-order valence-electron chi connectivity index (χ0n) is 14.5. The molecule has 1 fully saturated rings. The average molecular weight is 439 g/mol. The van der Waals surface area contributed by atoms with Gasteiger partial charge in [0.25, 0.3) is 5.91 Å². The zero-order valence-corrected chi connectivity index (χ0v) is 17.6. The number of carbonyl (C=O) groups is 1. The number of halogens is 2. The van der Waals surface area contributed by atoms with E-state index in [9.17, 15) is 4.79 Å². The molecule has 5 nitrogen and oxygen atoms in total. The first-order valence-electron chi connectivity index (χ1n) is 8.42. The molecule has 1 aliphatic rings. The van der Waals surface area contributed by atoms with E-state index < -0.39 is 0 Å². The summed E-state index contributed by atoms with van der Waals surface area (Å²) in [5.41, 5.74) is 0.527.